The number of benzene rings is 1. The standard InChI is InChI=1S/C24H30N4O3S2/c1-5-8-19(15-25-4)17-9-11-18(12-10-17)22(29)27-24(6-2,7-3)21-16-32-23(26-21)28-33(30,31)20-13-14-20/h5,8-12,15-16,20H,4,6-7,13-14H2,1-3H3,(H,26,28)(H,27,29)/b8-5-,19-15+. The first-order valence-corrected chi connectivity index (χ1v) is 13.4. The fourth-order valence-corrected chi connectivity index (χ4v) is 5.98. The molecule has 7 nitrogen and oxygen atoms in total. The van der Waals surface area contributed by atoms with Crippen LogP contribution in [0.15, 0.2) is 53.0 Å². The van der Waals surface area contributed by atoms with Gasteiger partial charge in [0.2, 0.25) is 10.0 Å². The molecule has 1 fully saturated rings. The Morgan fingerprint density at radius 2 is 1.88 bits per heavy atom. The normalized spacial score (nSPS) is 14.9. The average Bonchev–Trinajstić information content (AvgIpc) is 3.58. The van der Waals surface area contributed by atoms with E-state index in [-0.39, 0.29) is 11.2 Å². The van der Waals surface area contributed by atoms with Gasteiger partial charge in [-0.2, -0.15) is 0 Å². The van der Waals surface area contributed by atoms with E-state index in [9.17, 15) is 13.2 Å². The summed E-state index contributed by atoms with van der Waals surface area (Å²) in [5.74, 6) is -0.211. The summed E-state index contributed by atoms with van der Waals surface area (Å²) in [6, 6.07) is 7.30. The van der Waals surface area contributed by atoms with Gasteiger partial charge in [-0.1, -0.05) is 38.1 Å². The number of aliphatic imine (C=N–C) groups is 1. The minimum Gasteiger partial charge on any atom is -0.341 e. The molecule has 2 aromatic rings. The molecule has 9 heteroatoms. The lowest BCUT2D eigenvalue weighted by atomic mass is 9.89. The molecule has 1 heterocycles. The number of hydrogen-bond donors (Lipinski definition) is 2. The van der Waals surface area contributed by atoms with Crippen LogP contribution in [0.25, 0.3) is 5.57 Å². The Morgan fingerprint density at radius 3 is 2.42 bits per heavy atom. The topological polar surface area (TPSA) is 101 Å². The zero-order valence-electron chi connectivity index (χ0n) is 19.2. The van der Waals surface area contributed by atoms with Crippen molar-refractivity contribution in [2.45, 2.75) is 57.2 Å². The molecule has 0 aliphatic heterocycles. The van der Waals surface area contributed by atoms with E-state index in [1.165, 1.54) is 11.3 Å². The second-order valence-electron chi connectivity index (χ2n) is 7.97. The molecule has 1 aliphatic rings. The smallest absolute Gasteiger partial charge is 0.252 e. The third-order valence-electron chi connectivity index (χ3n) is 5.80. The first-order valence-electron chi connectivity index (χ1n) is 11.0. The Hall–Kier alpha value is -2.78. The number of carbonyl (C=O) groups excluding carboxylic acids is 1. The minimum atomic E-state index is -3.38. The van der Waals surface area contributed by atoms with Gasteiger partial charge in [-0.3, -0.25) is 14.5 Å². The van der Waals surface area contributed by atoms with E-state index in [4.69, 9.17) is 0 Å². The van der Waals surface area contributed by atoms with Crippen LogP contribution in [0.1, 0.15) is 68.1 Å². The van der Waals surface area contributed by atoms with E-state index >= 15 is 0 Å². The third-order valence-corrected chi connectivity index (χ3v) is 8.52. The second-order valence-corrected chi connectivity index (χ2v) is 10.8. The summed E-state index contributed by atoms with van der Waals surface area (Å²) in [5.41, 5.74) is 2.33. The molecule has 3 rings (SSSR count). The number of nitrogens with one attached hydrogen (secondary N) is 2. The average molecular weight is 487 g/mol. The molecule has 0 saturated heterocycles. The number of hydrogen-bond acceptors (Lipinski definition) is 6. The lowest BCUT2D eigenvalue weighted by molar-refractivity contribution is 0.0887. The maximum Gasteiger partial charge on any atom is 0.252 e. The van der Waals surface area contributed by atoms with E-state index in [1.54, 1.807) is 18.3 Å². The van der Waals surface area contributed by atoms with Crippen molar-refractivity contribution < 1.29 is 13.2 Å². The highest BCUT2D eigenvalue weighted by molar-refractivity contribution is 7.93. The Labute approximate surface area is 199 Å². The molecule has 176 valence electrons. The van der Waals surface area contributed by atoms with Gasteiger partial charge < -0.3 is 5.32 Å². The van der Waals surface area contributed by atoms with Gasteiger partial charge in [0.25, 0.3) is 5.91 Å². The van der Waals surface area contributed by atoms with Crippen molar-refractivity contribution >= 4 is 44.7 Å². The number of thiazole rings is 1. The third kappa shape index (κ3) is 5.78. The van der Waals surface area contributed by atoms with E-state index in [2.05, 4.69) is 26.7 Å². The molecule has 2 N–H and O–H groups in total. The van der Waals surface area contributed by atoms with E-state index in [0.717, 1.165) is 11.1 Å². The lowest BCUT2D eigenvalue weighted by Crippen LogP contribution is -2.45. The van der Waals surface area contributed by atoms with Gasteiger partial charge in [-0.05, 0) is 62.6 Å². The highest BCUT2D eigenvalue weighted by Crippen LogP contribution is 2.34. The maximum atomic E-state index is 13.1. The molecule has 0 atom stereocenters. The van der Waals surface area contributed by atoms with E-state index in [0.29, 0.717) is 42.1 Å². The second kappa shape index (κ2) is 10.4. The first-order chi connectivity index (χ1) is 15.8. The van der Waals surface area contributed by atoms with E-state index in [1.807, 2.05) is 50.4 Å². The van der Waals surface area contributed by atoms with Gasteiger partial charge in [-0.15, -0.1) is 11.3 Å². The Bertz CT molecular complexity index is 1160. The van der Waals surface area contributed by atoms with Crippen LogP contribution in [0.2, 0.25) is 0 Å². The number of rotatable bonds is 11. The Kier molecular flexibility index (Phi) is 7.86. The number of anilines is 1. The van der Waals surface area contributed by atoms with Gasteiger partial charge in [0.15, 0.2) is 5.13 Å². The van der Waals surface area contributed by atoms with Crippen molar-refractivity contribution in [3.05, 3.63) is 64.8 Å². The van der Waals surface area contributed by atoms with Crippen LogP contribution in [0.5, 0.6) is 0 Å². The summed E-state index contributed by atoms with van der Waals surface area (Å²) in [4.78, 5) is 21.5. The van der Waals surface area contributed by atoms with Crippen molar-refractivity contribution in [3.8, 4) is 0 Å². The van der Waals surface area contributed by atoms with Crippen molar-refractivity contribution in [3.63, 3.8) is 0 Å². The number of allylic oxidation sites excluding steroid dienone is 3. The van der Waals surface area contributed by atoms with Crippen LogP contribution in [-0.2, 0) is 15.6 Å². The van der Waals surface area contributed by atoms with Gasteiger partial charge in [0, 0.05) is 17.1 Å². The molecule has 0 radical (unpaired) electrons. The monoisotopic (exact) mass is 486 g/mol. The van der Waals surface area contributed by atoms with Crippen LogP contribution >= 0.6 is 11.3 Å². The van der Waals surface area contributed by atoms with Crippen molar-refractivity contribution in [2.75, 3.05) is 4.72 Å². The minimum absolute atomic E-state index is 0.211. The molecule has 33 heavy (non-hydrogen) atoms. The van der Waals surface area contributed by atoms with Crippen LogP contribution in [0.4, 0.5) is 5.13 Å². The Balaban J connectivity index is 1.79. The van der Waals surface area contributed by atoms with Crippen molar-refractivity contribution in [1.82, 2.24) is 10.3 Å². The molecule has 0 unspecified atom stereocenters. The largest absolute Gasteiger partial charge is 0.341 e. The van der Waals surface area contributed by atoms with Crippen molar-refractivity contribution in [2.24, 2.45) is 4.99 Å². The highest BCUT2D eigenvalue weighted by atomic mass is 32.2. The summed E-state index contributed by atoms with van der Waals surface area (Å²) in [7, 11) is -3.38. The predicted octanol–water partition coefficient (Wildman–Crippen LogP) is 5.11. The van der Waals surface area contributed by atoms with Crippen molar-refractivity contribution in [1.29, 1.82) is 0 Å². The fourth-order valence-electron chi connectivity index (χ4n) is 3.57. The van der Waals surface area contributed by atoms with Crippen LogP contribution in [0, 0.1) is 0 Å². The molecule has 1 amide bonds. The summed E-state index contributed by atoms with van der Waals surface area (Å²) < 4.78 is 27.1. The molecule has 1 saturated carbocycles. The van der Waals surface area contributed by atoms with Crippen LogP contribution in [0.3, 0.4) is 0 Å². The predicted molar refractivity (Wildman–Crippen MR) is 136 cm³/mol. The number of sulfonamides is 1. The molecular formula is C24H30N4O3S2. The lowest BCUT2D eigenvalue weighted by Gasteiger charge is -2.31. The SMILES string of the molecule is C=N/C=C(\C=C/C)c1ccc(C(=O)NC(CC)(CC)c2csc(NS(=O)(=O)C3CC3)n2)cc1. The quantitative estimate of drug-likeness (QED) is 0.340. The summed E-state index contributed by atoms with van der Waals surface area (Å²) in [6.45, 7) is 9.40. The Morgan fingerprint density at radius 1 is 1.24 bits per heavy atom. The number of carbonyl (C=O) groups is 1. The van der Waals surface area contributed by atoms with Crippen LogP contribution in [-0.4, -0.2) is 31.3 Å². The van der Waals surface area contributed by atoms with E-state index < -0.39 is 15.6 Å². The fraction of sp³-hybridized carbons (Fsp3) is 0.375. The number of aromatic nitrogens is 1. The van der Waals surface area contributed by atoms with Gasteiger partial charge in [0.1, 0.15) is 0 Å². The zero-order valence-corrected chi connectivity index (χ0v) is 20.8. The first kappa shape index (κ1) is 24.9. The summed E-state index contributed by atoms with van der Waals surface area (Å²) in [5, 5.41) is 4.98. The van der Waals surface area contributed by atoms with Gasteiger partial charge >= 0.3 is 0 Å². The molecule has 1 aromatic heterocycles. The number of amides is 1. The van der Waals surface area contributed by atoms with Gasteiger partial charge in [-0.25, -0.2) is 13.4 Å². The summed E-state index contributed by atoms with van der Waals surface area (Å²) >= 11 is 1.24. The van der Waals surface area contributed by atoms with Gasteiger partial charge in [0.05, 0.1) is 16.5 Å². The molecule has 1 aromatic carbocycles. The summed E-state index contributed by atoms with van der Waals surface area (Å²) in [6.07, 6.45) is 8.13. The maximum absolute atomic E-state index is 13.1. The zero-order chi connectivity index (χ0) is 24.1. The molecule has 1 aliphatic carbocycles. The highest BCUT2D eigenvalue weighted by Gasteiger charge is 2.37. The molecular weight excluding hydrogens is 456 g/mol. The number of nitrogens with zero attached hydrogens (tertiary/aromatic N) is 2. The molecule has 0 bridgehead atoms. The van der Waals surface area contributed by atoms with Crippen LogP contribution < -0.4 is 10.0 Å². The molecule has 0 spiro atoms.